The molecular formula is C8H15NO2. The van der Waals surface area contributed by atoms with E-state index in [0.717, 1.165) is 25.7 Å². The van der Waals surface area contributed by atoms with Crippen LogP contribution in [0.15, 0.2) is 0 Å². The second-order valence-corrected chi connectivity index (χ2v) is 3.19. The first kappa shape index (κ1) is 8.53. The van der Waals surface area contributed by atoms with Gasteiger partial charge in [0.1, 0.15) is 5.60 Å². The van der Waals surface area contributed by atoms with Gasteiger partial charge in [-0.25, -0.2) is 0 Å². The van der Waals surface area contributed by atoms with Crippen LogP contribution in [-0.2, 0) is 9.53 Å². The standard InChI is InChI=1S/C8H15NO2/c1-7(10)11-8(6-9)4-2-3-5-8/h2-6,9H2,1H3. The number of carbonyl (C=O) groups is 1. The second-order valence-electron chi connectivity index (χ2n) is 3.19. The van der Waals surface area contributed by atoms with Crippen LogP contribution < -0.4 is 5.73 Å². The maximum absolute atomic E-state index is 10.7. The first-order valence-electron chi connectivity index (χ1n) is 4.08. The molecule has 1 rings (SSSR count). The van der Waals surface area contributed by atoms with Gasteiger partial charge in [-0.05, 0) is 25.7 Å². The monoisotopic (exact) mass is 157 g/mol. The van der Waals surface area contributed by atoms with Gasteiger partial charge in [-0.15, -0.1) is 0 Å². The van der Waals surface area contributed by atoms with Crippen molar-refractivity contribution >= 4 is 5.97 Å². The third kappa shape index (κ3) is 1.93. The molecule has 0 aromatic carbocycles. The Hall–Kier alpha value is -0.570. The van der Waals surface area contributed by atoms with Crippen molar-refractivity contribution in [3.8, 4) is 0 Å². The summed E-state index contributed by atoms with van der Waals surface area (Å²) < 4.78 is 5.18. The molecule has 0 aromatic heterocycles. The Labute approximate surface area is 66.9 Å². The summed E-state index contributed by atoms with van der Waals surface area (Å²) in [5.41, 5.74) is 5.23. The van der Waals surface area contributed by atoms with Crippen LogP contribution in [-0.4, -0.2) is 18.1 Å². The Kier molecular flexibility index (Phi) is 2.49. The van der Waals surface area contributed by atoms with Gasteiger partial charge in [-0.3, -0.25) is 4.79 Å². The van der Waals surface area contributed by atoms with Crippen molar-refractivity contribution in [2.45, 2.75) is 38.2 Å². The zero-order valence-corrected chi connectivity index (χ0v) is 6.93. The predicted octanol–water partition coefficient (Wildman–Crippen LogP) is 0.821. The summed E-state index contributed by atoms with van der Waals surface area (Å²) in [5, 5.41) is 0. The number of rotatable bonds is 2. The lowest BCUT2D eigenvalue weighted by Crippen LogP contribution is -2.39. The van der Waals surface area contributed by atoms with E-state index in [-0.39, 0.29) is 11.6 Å². The third-order valence-corrected chi connectivity index (χ3v) is 2.25. The fourth-order valence-electron chi connectivity index (χ4n) is 1.67. The van der Waals surface area contributed by atoms with E-state index >= 15 is 0 Å². The third-order valence-electron chi connectivity index (χ3n) is 2.25. The molecule has 11 heavy (non-hydrogen) atoms. The van der Waals surface area contributed by atoms with Gasteiger partial charge in [0.15, 0.2) is 0 Å². The molecule has 0 spiro atoms. The zero-order chi connectivity index (χ0) is 8.32. The van der Waals surface area contributed by atoms with Gasteiger partial charge in [-0.1, -0.05) is 0 Å². The summed E-state index contributed by atoms with van der Waals surface area (Å²) in [6.07, 6.45) is 4.13. The average molecular weight is 157 g/mol. The van der Waals surface area contributed by atoms with Crippen LogP contribution in [0.3, 0.4) is 0 Å². The van der Waals surface area contributed by atoms with Crippen molar-refractivity contribution in [2.75, 3.05) is 6.54 Å². The van der Waals surface area contributed by atoms with Gasteiger partial charge in [0.05, 0.1) is 0 Å². The smallest absolute Gasteiger partial charge is 0.303 e. The molecule has 0 aromatic rings. The molecule has 1 fully saturated rings. The zero-order valence-electron chi connectivity index (χ0n) is 6.93. The molecule has 0 atom stereocenters. The van der Waals surface area contributed by atoms with E-state index in [1.165, 1.54) is 6.92 Å². The summed E-state index contributed by atoms with van der Waals surface area (Å²) in [5.74, 6) is -0.211. The quantitative estimate of drug-likeness (QED) is 0.604. The maximum Gasteiger partial charge on any atom is 0.303 e. The molecule has 3 nitrogen and oxygen atoms in total. The molecule has 0 heterocycles. The predicted molar refractivity (Wildman–Crippen MR) is 42.0 cm³/mol. The van der Waals surface area contributed by atoms with E-state index in [2.05, 4.69) is 0 Å². The van der Waals surface area contributed by atoms with Crippen LogP contribution in [0.1, 0.15) is 32.6 Å². The number of carbonyl (C=O) groups excluding carboxylic acids is 1. The Morgan fingerprint density at radius 1 is 1.55 bits per heavy atom. The van der Waals surface area contributed by atoms with Gasteiger partial charge < -0.3 is 10.5 Å². The molecule has 1 aliphatic rings. The molecule has 0 bridgehead atoms. The summed E-state index contributed by atoms with van der Waals surface area (Å²) in [6, 6.07) is 0. The topological polar surface area (TPSA) is 52.3 Å². The van der Waals surface area contributed by atoms with Crippen LogP contribution >= 0.6 is 0 Å². The van der Waals surface area contributed by atoms with Crippen molar-refractivity contribution in [3.05, 3.63) is 0 Å². The number of esters is 1. The van der Waals surface area contributed by atoms with Crippen molar-refractivity contribution < 1.29 is 9.53 Å². The van der Waals surface area contributed by atoms with Gasteiger partial charge >= 0.3 is 5.97 Å². The van der Waals surface area contributed by atoms with Crippen molar-refractivity contribution in [1.82, 2.24) is 0 Å². The SMILES string of the molecule is CC(=O)OC1(CN)CCCC1. The minimum Gasteiger partial charge on any atom is -0.458 e. The molecule has 0 amide bonds. The number of nitrogens with two attached hydrogens (primary N) is 1. The van der Waals surface area contributed by atoms with Crippen LogP contribution in [0.4, 0.5) is 0 Å². The molecule has 0 aliphatic heterocycles. The van der Waals surface area contributed by atoms with Crippen LogP contribution in [0.25, 0.3) is 0 Å². The van der Waals surface area contributed by atoms with Crippen molar-refractivity contribution in [1.29, 1.82) is 0 Å². The molecule has 64 valence electrons. The molecular weight excluding hydrogens is 142 g/mol. The van der Waals surface area contributed by atoms with E-state index in [0.29, 0.717) is 6.54 Å². The highest BCUT2D eigenvalue weighted by atomic mass is 16.6. The number of hydrogen-bond acceptors (Lipinski definition) is 3. The van der Waals surface area contributed by atoms with E-state index in [9.17, 15) is 4.79 Å². The number of ether oxygens (including phenoxy) is 1. The molecule has 0 unspecified atom stereocenters. The Bertz CT molecular complexity index is 150. The fraction of sp³-hybridized carbons (Fsp3) is 0.875. The molecule has 1 aliphatic carbocycles. The first-order valence-corrected chi connectivity index (χ1v) is 4.08. The fourth-order valence-corrected chi connectivity index (χ4v) is 1.67. The summed E-state index contributed by atoms with van der Waals surface area (Å²) in [4.78, 5) is 10.7. The van der Waals surface area contributed by atoms with E-state index in [1.807, 2.05) is 0 Å². The van der Waals surface area contributed by atoms with Gasteiger partial charge in [0, 0.05) is 13.5 Å². The highest BCUT2D eigenvalue weighted by Crippen LogP contribution is 2.32. The summed E-state index contributed by atoms with van der Waals surface area (Å²) >= 11 is 0. The van der Waals surface area contributed by atoms with Crippen LogP contribution in [0.2, 0.25) is 0 Å². The minimum absolute atomic E-state index is 0.211. The lowest BCUT2D eigenvalue weighted by atomic mass is 10.0. The van der Waals surface area contributed by atoms with E-state index < -0.39 is 0 Å². The highest BCUT2D eigenvalue weighted by molar-refractivity contribution is 5.66. The maximum atomic E-state index is 10.7. The summed E-state index contributed by atoms with van der Waals surface area (Å²) in [7, 11) is 0. The lowest BCUT2D eigenvalue weighted by Gasteiger charge is -2.26. The molecule has 0 radical (unpaired) electrons. The van der Waals surface area contributed by atoms with Crippen molar-refractivity contribution in [2.24, 2.45) is 5.73 Å². The molecule has 2 N–H and O–H groups in total. The lowest BCUT2D eigenvalue weighted by molar-refractivity contribution is -0.155. The molecule has 1 saturated carbocycles. The largest absolute Gasteiger partial charge is 0.458 e. The average Bonchev–Trinajstić information content (AvgIpc) is 2.36. The van der Waals surface area contributed by atoms with E-state index in [4.69, 9.17) is 10.5 Å². The number of hydrogen-bond donors (Lipinski definition) is 1. The normalized spacial score (nSPS) is 21.6. The van der Waals surface area contributed by atoms with Gasteiger partial charge in [-0.2, -0.15) is 0 Å². The highest BCUT2D eigenvalue weighted by Gasteiger charge is 2.35. The summed E-state index contributed by atoms with van der Waals surface area (Å²) in [6.45, 7) is 1.91. The van der Waals surface area contributed by atoms with E-state index in [1.54, 1.807) is 0 Å². The van der Waals surface area contributed by atoms with Crippen LogP contribution in [0, 0.1) is 0 Å². The second kappa shape index (κ2) is 3.22. The van der Waals surface area contributed by atoms with Gasteiger partial charge in [0.2, 0.25) is 0 Å². The Morgan fingerprint density at radius 2 is 2.09 bits per heavy atom. The molecule has 3 heteroatoms. The van der Waals surface area contributed by atoms with Crippen molar-refractivity contribution in [3.63, 3.8) is 0 Å². The van der Waals surface area contributed by atoms with Gasteiger partial charge in [0.25, 0.3) is 0 Å². The van der Waals surface area contributed by atoms with Crippen LogP contribution in [0.5, 0.6) is 0 Å². The minimum atomic E-state index is -0.314. The Morgan fingerprint density at radius 3 is 2.45 bits per heavy atom. The first-order chi connectivity index (χ1) is 5.18. The molecule has 0 saturated heterocycles. The Balaban J connectivity index is 2.52.